The van der Waals surface area contributed by atoms with Gasteiger partial charge in [-0.2, -0.15) is 0 Å². The van der Waals surface area contributed by atoms with E-state index in [-0.39, 0.29) is 37.0 Å². The van der Waals surface area contributed by atoms with Gasteiger partial charge in [0.25, 0.3) is 0 Å². The Hall–Kier alpha value is -2.99. The minimum absolute atomic E-state index is 0.0355. The number of primary amides is 1. The molecule has 3 aliphatic carbocycles. The number of aliphatic hydroxyl groups excluding tert-OH is 1. The van der Waals surface area contributed by atoms with E-state index in [1.54, 1.807) is 6.07 Å². The first-order valence-electron chi connectivity index (χ1n) is 12.8. The maximum Gasteiger partial charge on any atom is 0.235 e. The molecule has 0 saturated heterocycles. The number of rotatable bonds is 9. The molecule has 1 aromatic carbocycles. The van der Waals surface area contributed by atoms with Crippen LogP contribution in [-0.4, -0.2) is 88.4 Å². The number of ketones is 4. The van der Waals surface area contributed by atoms with Gasteiger partial charge in [-0.15, -0.1) is 0 Å². The zero-order valence-corrected chi connectivity index (χ0v) is 21.5. The van der Waals surface area contributed by atoms with Crippen molar-refractivity contribution in [1.29, 1.82) is 0 Å². The summed E-state index contributed by atoms with van der Waals surface area (Å²) in [5, 5.41) is 32.0. The van der Waals surface area contributed by atoms with Crippen molar-refractivity contribution in [2.45, 2.75) is 50.4 Å². The summed E-state index contributed by atoms with van der Waals surface area (Å²) in [7, 11) is 3.89. The molecule has 0 aliphatic heterocycles. The third-order valence-electron chi connectivity index (χ3n) is 8.10. The molecule has 1 aromatic rings. The van der Waals surface area contributed by atoms with Crippen molar-refractivity contribution in [2.24, 2.45) is 29.4 Å². The topological polar surface area (TPSA) is 185 Å². The molecule has 3 unspecified atom stereocenters. The van der Waals surface area contributed by atoms with Crippen molar-refractivity contribution in [3.63, 3.8) is 0 Å². The van der Waals surface area contributed by atoms with Crippen LogP contribution in [0.25, 0.3) is 0 Å². The number of aromatic hydroxyl groups is 1. The zero-order chi connectivity index (χ0) is 27.9. The van der Waals surface area contributed by atoms with E-state index in [9.17, 15) is 39.3 Å². The predicted octanol–water partition coefficient (Wildman–Crippen LogP) is -0.454. The summed E-state index contributed by atoms with van der Waals surface area (Å²) in [6.07, 6.45) is 0.195. The van der Waals surface area contributed by atoms with Gasteiger partial charge in [0, 0.05) is 18.8 Å². The SMILES string of the molecule is CN(C)CCCOC(O)CCc1ccc(O)c2c1C[C@H]1C[C@H]3CC(=O)C(C(N)=O)C(=O)[C@@]3(O)C(=O)C1C2=O. The highest BCUT2D eigenvalue weighted by atomic mass is 16.6. The van der Waals surface area contributed by atoms with Crippen LogP contribution in [0.5, 0.6) is 5.75 Å². The van der Waals surface area contributed by atoms with Crippen LogP contribution in [0.2, 0.25) is 0 Å². The number of hydrogen-bond donors (Lipinski definition) is 4. The Morgan fingerprint density at radius 2 is 1.89 bits per heavy atom. The van der Waals surface area contributed by atoms with Crippen molar-refractivity contribution in [2.75, 3.05) is 27.2 Å². The number of amides is 1. The monoisotopic (exact) mass is 530 g/mol. The number of phenolic OH excluding ortho intramolecular Hbond substituents is 1. The molecular weight excluding hydrogens is 496 g/mol. The molecule has 11 heteroatoms. The number of nitrogens with two attached hydrogens (primary N) is 1. The Balaban J connectivity index is 1.57. The highest BCUT2D eigenvalue weighted by molar-refractivity contribution is 6.31. The highest BCUT2D eigenvalue weighted by Crippen LogP contribution is 2.50. The van der Waals surface area contributed by atoms with Gasteiger partial charge in [0.1, 0.15) is 5.75 Å². The normalized spacial score (nSPS) is 29.6. The average molecular weight is 531 g/mol. The summed E-state index contributed by atoms with van der Waals surface area (Å²) in [6, 6.07) is 3.00. The van der Waals surface area contributed by atoms with E-state index in [1.807, 2.05) is 19.0 Å². The Morgan fingerprint density at radius 3 is 2.55 bits per heavy atom. The summed E-state index contributed by atoms with van der Waals surface area (Å²) >= 11 is 0. The van der Waals surface area contributed by atoms with E-state index in [0.29, 0.717) is 24.2 Å². The molecule has 11 nitrogen and oxygen atoms in total. The van der Waals surface area contributed by atoms with Crippen LogP contribution in [0.1, 0.15) is 47.2 Å². The van der Waals surface area contributed by atoms with Gasteiger partial charge in [-0.05, 0) is 69.4 Å². The molecule has 206 valence electrons. The average Bonchev–Trinajstić information content (AvgIpc) is 2.83. The van der Waals surface area contributed by atoms with Gasteiger partial charge in [0.2, 0.25) is 5.91 Å². The second-order valence-corrected chi connectivity index (χ2v) is 10.9. The fraction of sp³-hybridized carbons (Fsp3) is 0.593. The van der Waals surface area contributed by atoms with Crippen LogP contribution in [0.4, 0.5) is 0 Å². The summed E-state index contributed by atoms with van der Waals surface area (Å²) in [5.41, 5.74) is 3.73. The number of ether oxygens (including phenoxy) is 1. The standard InChI is InChI=1S/C27H34N2O9/c1-29(2)8-3-9-38-19(32)7-5-13-4-6-17(30)21-16(13)11-14-10-15-12-18(31)22(26(28)36)25(35)27(15,37)24(34)20(14)23(21)33/h4,6,14-15,19-20,22,30,32,37H,3,5,7-12H2,1-2H3,(H2,28,36)/t14-,15+,19?,20?,22?,27+/m1/s1. The molecule has 3 aliphatic rings. The fourth-order valence-electron chi connectivity index (χ4n) is 6.23. The van der Waals surface area contributed by atoms with Crippen molar-refractivity contribution in [3.8, 4) is 5.75 Å². The van der Waals surface area contributed by atoms with Crippen LogP contribution in [-0.2, 0) is 36.8 Å². The maximum absolute atomic E-state index is 13.6. The van der Waals surface area contributed by atoms with Gasteiger partial charge in [0.05, 0.1) is 18.1 Å². The second-order valence-electron chi connectivity index (χ2n) is 10.9. The van der Waals surface area contributed by atoms with Crippen LogP contribution in [0, 0.1) is 23.7 Å². The zero-order valence-electron chi connectivity index (χ0n) is 21.5. The van der Waals surface area contributed by atoms with Crippen molar-refractivity contribution in [1.82, 2.24) is 4.90 Å². The Kier molecular flexibility index (Phi) is 7.85. The van der Waals surface area contributed by atoms with E-state index in [2.05, 4.69) is 0 Å². The lowest BCUT2D eigenvalue weighted by atomic mass is 9.53. The van der Waals surface area contributed by atoms with Crippen molar-refractivity contribution >= 4 is 29.0 Å². The van der Waals surface area contributed by atoms with Gasteiger partial charge in [-0.1, -0.05) is 6.07 Å². The number of phenols is 1. The number of aliphatic hydroxyl groups is 2. The summed E-state index contributed by atoms with van der Waals surface area (Å²) < 4.78 is 5.46. The molecule has 5 N–H and O–H groups in total. The minimum Gasteiger partial charge on any atom is -0.507 e. The Morgan fingerprint density at radius 1 is 1.18 bits per heavy atom. The number of aryl methyl sites for hydroxylation is 1. The lowest BCUT2D eigenvalue weighted by molar-refractivity contribution is -0.175. The van der Waals surface area contributed by atoms with Crippen LogP contribution in [0.3, 0.4) is 0 Å². The van der Waals surface area contributed by atoms with Crippen LogP contribution < -0.4 is 5.73 Å². The largest absolute Gasteiger partial charge is 0.507 e. The van der Waals surface area contributed by atoms with Gasteiger partial charge >= 0.3 is 0 Å². The molecule has 0 heterocycles. The molecule has 2 saturated carbocycles. The van der Waals surface area contributed by atoms with Crippen molar-refractivity contribution in [3.05, 3.63) is 28.8 Å². The summed E-state index contributed by atoms with van der Waals surface area (Å²) in [4.78, 5) is 66.3. The molecule has 2 fully saturated rings. The Bertz CT molecular complexity index is 1180. The second kappa shape index (κ2) is 10.6. The lowest BCUT2D eigenvalue weighted by Crippen LogP contribution is -2.68. The third kappa shape index (κ3) is 4.79. The van der Waals surface area contributed by atoms with Crippen molar-refractivity contribution < 1.29 is 44.0 Å². The molecule has 38 heavy (non-hydrogen) atoms. The first-order chi connectivity index (χ1) is 17.9. The molecule has 0 spiro atoms. The summed E-state index contributed by atoms with van der Waals surface area (Å²) in [6.45, 7) is 1.20. The number of nitrogens with zero attached hydrogens (tertiary/aromatic N) is 1. The molecule has 0 aromatic heterocycles. The van der Waals surface area contributed by atoms with Crippen LogP contribution in [0.15, 0.2) is 12.1 Å². The molecule has 6 atom stereocenters. The number of carbonyl (C=O) groups is 5. The number of fused-ring (bicyclic) bond motifs is 3. The summed E-state index contributed by atoms with van der Waals surface area (Å²) in [5.74, 6) is -10.4. The van der Waals surface area contributed by atoms with Gasteiger partial charge in [-0.3, -0.25) is 24.0 Å². The molecular formula is C27H34N2O9. The molecule has 0 bridgehead atoms. The molecule has 4 rings (SSSR count). The highest BCUT2D eigenvalue weighted by Gasteiger charge is 2.66. The quantitative estimate of drug-likeness (QED) is 0.185. The number of Topliss-reactive ketones (excluding diaryl/α,β-unsaturated/α-hetero) is 4. The van der Waals surface area contributed by atoms with Gasteiger partial charge < -0.3 is 30.7 Å². The smallest absolute Gasteiger partial charge is 0.235 e. The number of hydrogen-bond acceptors (Lipinski definition) is 10. The number of benzene rings is 1. The molecule has 1 amide bonds. The van der Waals surface area contributed by atoms with Gasteiger partial charge in [-0.25, -0.2) is 0 Å². The van der Waals surface area contributed by atoms with E-state index in [0.717, 1.165) is 13.0 Å². The van der Waals surface area contributed by atoms with E-state index in [1.165, 1.54) is 6.07 Å². The minimum atomic E-state index is -2.66. The number of carbonyl (C=O) groups excluding carboxylic acids is 5. The maximum atomic E-state index is 13.6. The molecule has 0 radical (unpaired) electrons. The van der Waals surface area contributed by atoms with E-state index in [4.69, 9.17) is 10.5 Å². The first kappa shape index (κ1) is 28.0. The predicted molar refractivity (Wildman–Crippen MR) is 132 cm³/mol. The fourth-order valence-corrected chi connectivity index (χ4v) is 6.23. The van der Waals surface area contributed by atoms with Gasteiger partial charge in [0.15, 0.2) is 40.9 Å². The first-order valence-corrected chi connectivity index (χ1v) is 12.8. The Labute approximate surface area is 219 Å². The lowest BCUT2D eigenvalue weighted by Gasteiger charge is -2.48. The van der Waals surface area contributed by atoms with E-state index < -0.39 is 64.6 Å². The third-order valence-corrected chi connectivity index (χ3v) is 8.10. The van der Waals surface area contributed by atoms with E-state index >= 15 is 0 Å². The van der Waals surface area contributed by atoms with Crippen LogP contribution >= 0.6 is 0 Å².